The second kappa shape index (κ2) is 6.73. The Hall–Kier alpha value is -2.50. The van der Waals surface area contributed by atoms with Gasteiger partial charge >= 0.3 is 5.69 Å². The standard InChI is InChI=1S/C17H18FN3O2/c18-14-5-1-3-12(9-14)10-16(22)21-8-2-4-13(11-21)15-6-7-19-17(23)20-15/h1,3,5-7,9,13H,2,4,8,10-11H2,(H,19,20,23)/t13-/m0/s1. The van der Waals surface area contributed by atoms with E-state index < -0.39 is 0 Å². The van der Waals surface area contributed by atoms with Crippen molar-refractivity contribution >= 4 is 5.91 Å². The lowest BCUT2D eigenvalue weighted by molar-refractivity contribution is -0.131. The zero-order chi connectivity index (χ0) is 16.2. The summed E-state index contributed by atoms with van der Waals surface area (Å²) in [5.41, 5.74) is 1.12. The van der Waals surface area contributed by atoms with E-state index in [4.69, 9.17) is 0 Å². The molecule has 1 aliphatic heterocycles. The number of rotatable bonds is 3. The van der Waals surface area contributed by atoms with E-state index in [1.807, 2.05) is 0 Å². The molecule has 0 aliphatic carbocycles. The van der Waals surface area contributed by atoms with Gasteiger partial charge in [-0.05, 0) is 36.6 Å². The van der Waals surface area contributed by atoms with Gasteiger partial charge in [0.15, 0.2) is 0 Å². The van der Waals surface area contributed by atoms with E-state index in [9.17, 15) is 14.0 Å². The van der Waals surface area contributed by atoms with Gasteiger partial charge in [0.05, 0.1) is 6.42 Å². The van der Waals surface area contributed by atoms with Crippen molar-refractivity contribution in [2.45, 2.75) is 25.2 Å². The number of halogens is 1. The molecule has 5 nitrogen and oxygen atoms in total. The molecule has 6 heteroatoms. The number of benzene rings is 1. The highest BCUT2D eigenvalue weighted by Gasteiger charge is 2.25. The van der Waals surface area contributed by atoms with E-state index >= 15 is 0 Å². The van der Waals surface area contributed by atoms with Crippen LogP contribution in [0.1, 0.15) is 30.0 Å². The molecule has 1 saturated heterocycles. The van der Waals surface area contributed by atoms with Crippen LogP contribution < -0.4 is 5.69 Å². The molecule has 1 atom stereocenters. The Kier molecular flexibility index (Phi) is 4.50. The first-order chi connectivity index (χ1) is 11.1. The van der Waals surface area contributed by atoms with Gasteiger partial charge in [-0.2, -0.15) is 0 Å². The van der Waals surface area contributed by atoms with E-state index in [1.165, 1.54) is 18.3 Å². The minimum Gasteiger partial charge on any atom is -0.342 e. The third-order valence-corrected chi connectivity index (χ3v) is 4.16. The lowest BCUT2D eigenvalue weighted by atomic mass is 9.94. The quantitative estimate of drug-likeness (QED) is 0.940. The van der Waals surface area contributed by atoms with Gasteiger partial charge in [0, 0.05) is 30.9 Å². The lowest BCUT2D eigenvalue weighted by Gasteiger charge is -2.32. The molecule has 23 heavy (non-hydrogen) atoms. The Labute approximate surface area is 133 Å². The maximum absolute atomic E-state index is 13.2. The number of nitrogens with zero attached hydrogens (tertiary/aromatic N) is 2. The summed E-state index contributed by atoms with van der Waals surface area (Å²) in [4.78, 5) is 31.9. The van der Waals surface area contributed by atoms with Gasteiger partial charge in [0.1, 0.15) is 5.82 Å². The molecule has 1 fully saturated rings. The van der Waals surface area contributed by atoms with Gasteiger partial charge in [-0.15, -0.1) is 0 Å². The molecule has 1 aromatic carbocycles. The molecule has 0 bridgehead atoms. The maximum Gasteiger partial charge on any atom is 0.345 e. The Bertz CT molecular complexity index is 759. The molecule has 3 rings (SSSR count). The number of aromatic amines is 1. The second-order valence-electron chi connectivity index (χ2n) is 5.82. The summed E-state index contributed by atoms with van der Waals surface area (Å²) in [5.74, 6) is -0.242. The first-order valence-electron chi connectivity index (χ1n) is 7.69. The van der Waals surface area contributed by atoms with Crippen molar-refractivity contribution in [3.63, 3.8) is 0 Å². The van der Waals surface area contributed by atoms with Crippen molar-refractivity contribution in [1.82, 2.24) is 14.9 Å². The van der Waals surface area contributed by atoms with Gasteiger partial charge in [-0.1, -0.05) is 12.1 Å². The minimum atomic E-state index is -0.370. The number of carbonyl (C=O) groups excluding carboxylic acids is 1. The van der Waals surface area contributed by atoms with Crippen LogP contribution in [0.4, 0.5) is 4.39 Å². The fourth-order valence-electron chi connectivity index (χ4n) is 3.01. The predicted molar refractivity (Wildman–Crippen MR) is 83.5 cm³/mol. The number of amides is 1. The van der Waals surface area contributed by atoms with Gasteiger partial charge in [-0.25, -0.2) is 14.2 Å². The number of carbonyl (C=O) groups is 1. The van der Waals surface area contributed by atoms with Crippen molar-refractivity contribution in [1.29, 1.82) is 0 Å². The van der Waals surface area contributed by atoms with E-state index in [0.717, 1.165) is 18.5 Å². The predicted octanol–water partition coefficient (Wildman–Crippen LogP) is 1.86. The maximum atomic E-state index is 13.2. The molecular weight excluding hydrogens is 297 g/mol. The Morgan fingerprint density at radius 1 is 1.39 bits per heavy atom. The number of piperidine rings is 1. The Morgan fingerprint density at radius 2 is 2.26 bits per heavy atom. The van der Waals surface area contributed by atoms with E-state index in [-0.39, 0.29) is 29.8 Å². The normalized spacial score (nSPS) is 18.0. The first kappa shape index (κ1) is 15.4. The molecule has 1 amide bonds. The van der Waals surface area contributed by atoms with Crippen molar-refractivity contribution in [3.8, 4) is 0 Å². The van der Waals surface area contributed by atoms with Crippen LogP contribution >= 0.6 is 0 Å². The summed E-state index contributed by atoms with van der Waals surface area (Å²) in [6, 6.07) is 7.90. The molecule has 1 aromatic heterocycles. The highest BCUT2D eigenvalue weighted by molar-refractivity contribution is 5.79. The third-order valence-electron chi connectivity index (χ3n) is 4.16. The Balaban J connectivity index is 1.68. The number of aromatic nitrogens is 2. The van der Waals surface area contributed by atoms with Crippen LogP contribution in [0, 0.1) is 5.82 Å². The minimum absolute atomic E-state index is 0.0169. The number of nitrogens with one attached hydrogen (secondary N) is 1. The molecule has 1 N–H and O–H groups in total. The topological polar surface area (TPSA) is 66.1 Å². The average Bonchev–Trinajstić information content (AvgIpc) is 2.55. The molecule has 0 unspecified atom stereocenters. The third kappa shape index (κ3) is 3.83. The summed E-state index contributed by atoms with van der Waals surface area (Å²) in [6.45, 7) is 1.26. The average molecular weight is 315 g/mol. The van der Waals surface area contributed by atoms with Crippen LogP contribution in [0.5, 0.6) is 0 Å². The van der Waals surface area contributed by atoms with Crippen LogP contribution in [-0.2, 0) is 11.2 Å². The van der Waals surface area contributed by atoms with Gasteiger partial charge in [0.25, 0.3) is 0 Å². The van der Waals surface area contributed by atoms with Crippen molar-refractivity contribution < 1.29 is 9.18 Å². The van der Waals surface area contributed by atoms with Crippen molar-refractivity contribution in [2.24, 2.45) is 0 Å². The van der Waals surface area contributed by atoms with E-state index in [0.29, 0.717) is 18.7 Å². The van der Waals surface area contributed by atoms with Crippen LogP contribution in [0.15, 0.2) is 41.3 Å². The van der Waals surface area contributed by atoms with Crippen LogP contribution in [0.25, 0.3) is 0 Å². The number of hydrogen-bond donors (Lipinski definition) is 1. The SMILES string of the molecule is O=C(Cc1cccc(F)c1)N1CCC[C@H](c2ccnc(=O)[nH]2)C1. The number of hydrogen-bond acceptors (Lipinski definition) is 3. The Morgan fingerprint density at radius 3 is 3.04 bits per heavy atom. The van der Waals surface area contributed by atoms with Crippen LogP contribution in [0.2, 0.25) is 0 Å². The summed E-state index contributed by atoms with van der Waals surface area (Å²) < 4.78 is 13.2. The van der Waals surface area contributed by atoms with Crippen LogP contribution in [0.3, 0.4) is 0 Å². The van der Waals surface area contributed by atoms with Crippen LogP contribution in [-0.4, -0.2) is 33.9 Å². The monoisotopic (exact) mass is 315 g/mol. The van der Waals surface area contributed by atoms with Gasteiger partial charge in [-0.3, -0.25) is 4.79 Å². The van der Waals surface area contributed by atoms with Crippen molar-refractivity contribution in [2.75, 3.05) is 13.1 Å². The number of H-pyrrole nitrogens is 1. The second-order valence-corrected chi connectivity index (χ2v) is 5.82. The molecular formula is C17H18FN3O2. The lowest BCUT2D eigenvalue weighted by Crippen LogP contribution is -2.40. The highest BCUT2D eigenvalue weighted by Crippen LogP contribution is 2.25. The first-order valence-corrected chi connectivity index (χ1v) is 7.69. The summed E-state index contributed by atoms with van der Waals surface area (Å²) in [7, 11) is 0. The van der Waals surface area contributed by atoms with E-state index in [2.05, 4.69) is 9.97 Å². The summed E-state index contributed by atoms with van der Waals surface area (Å²) in [6.07, 6.45) is 3.48. The fourth-order valence-corrected chi connectivity index (χ4v) is 3.01. The fraction of sp³-hybridized carbons (Fsp3) is 0.353. The molecule has 0 radical (unpaired) electrons. The molecule has 2 heterocycles. The zero-order valence-corrected chi connectivity index (χ0v) is 12.7. The molecule has 0 spiro atoms. The molecule has 2 aromatic rings. The van der Waals surface area contributed by atoms with Crippen molar-refractivity contribution in [3.05, 3.63) is 64.1 Å². The van der Waals surface area contributed by atoms with E-state index in [1.54, 1.807) is 23.1 Å². The molecule has 120 valence electrons. The molecule has 1 aliphatic rings. The smallest absolute Gasteiger partial charge is 0.342 e. The summed E-state index contributed by atoms with van der Waals surface area (Å²) in [5, 5.41) is 0. The van der Waals surface area contributed by atoms with Gasteiger partial charge < -0.3 is 9.88 Å². The highest BCUT2D eigenvalue weighted by atomic mass is 19.1. The summed E-state index contributed by atoms with van der Waals surface area (Å²) >= 11 is 0. The number of likely N-dealkylation sites (tertiary alicyclic amines) is 1. The zero-order valence-electron chi connectivity index (χ0n) is 12.7. The molecule has 0 saturated carbocycles. The largest absolute Gasteiger partial charge is 0.345 e. The van der Waals surface area contributed by atoms with Gasteiger partial charge in [0.2, 0.25) is 5.91 Å².